The Balaban J connectivity index is 1.03. The highest BCUT2D eigenvalue weighted by molar-refractivity contribution is 5.67. The van der Waals surface area contributed by atoms with Crippen molar-refractivity contribution in [3.05, 3.63) is 55.0 Å². The van der Waals surface area contributed by atoms with Crippen LogP contribution >= 0.6 is 0 Å². The Kier molecular flexibility index (Phi) is 10.5. The zero-order valence-electron chi connectivity index (χ0n) is 29.0. The van der Waals surface area contributed by atoms with E-state index in [0.29, 0.717) is 60.5 Å². The smallest absolute Gasteiger partial charge is 0.256 e. The molecule has 3 fully saturated rings. The van der Waals surface area contributed by atoms with Crippen molar-refractivity contribution in [2.24, 2.45) is 0 Å². The van der Waals surface area contributed by atoms with Crippen LogP contribution in [0, 0.1) is 11.3 Å². The van der Waals surface area contributed by atoms with Crippen molar-refractivity contribution in [3.8, 4) is 28.8 Å². The van der Waals surface area contributed by atoms with Crippen molar-refractivity contribution in [3.63, 3.8) is 0 Å². The number of fused-ring (bicyclic) bond motifs is 2. The molecule has 2 saturated heterocycles. The third-order valence-electron chi connectivity index (χ3n) is 10.2. The van der Waals surface area contributed by atoms with Gasteiger partial charge in [-0.15, -0.1) is 5.10 Å². The van der Waals surface area contributed by atoms with E-state index in [2.05, 4.69) is 41.0 Å². The number of nitrogens with zero attached hydrogens (tertiary/aromatic N) is 9. The number of morpholine rings is 1. The van der Waals surface area contributed by atoms with Crippen molar-refractivity contribution in [2.75, 3.05) is 32.2 Å². The first kappa shape index (κ1) is 33.9. The van der Waals surface area contributed by atoms with E-state index >= 15 is 0 Å². The minimum atomic E-state index is -0.230. The lowest BCUT2D eigenvalue weighted by Crippen LogP contribution is -2.52. The minimum absolute atomic E-state index is 0.0835. The number of nitriles is 1. The van der Waals surface area contributed by atoms with Gasteiger partial charge in [0, 0.05) is 49.6 Å². The third kappa shape index (κ3) is 7.75. The molecular weight excluding hydrogens is 636 g/mol. The van der Waals surface area contributed by atoms with Gasteiger partial charge in [-0.05, 0) is 70.1 Å². The first-order chi connectivity index (χ1) is 24.5. The second kappa shape index (κ2) is 15.5. The number of nitrogens with one attached hydrogen (secondary N) is 1. The first-order valence-corrected chi connectivity index (χ1v) is 17.7. The van der Waals surface area contributed by atoms with Gasteiger partial charge >= 0.3 is 0 Å². The second-order valence-electron chi connectivity index (χ2n) is 13.6. The van der Waals surface area contributed by atoms with E-state index in [1.807, 2.05) is 32.2 Å². The highest BCUT2D eigenvalue weighted by Crippen LogP contribution is 2.39. The van der Waals surface area contributed by atoms with Gasteiger partial charge in [-0.3, -0.25) is 9.58 Å². The number of hydrogen-bond donors (Lipinski definition) is 1. The number of rotatable bonds is 14. The Hall–Kier alpha value is -4.58. The number of hydrogen-bond acceptors (Lipinski definition) is 12. The molecule has 0 amide bonds. The highest BCUT2D eigenvalue weighted by Gasteiger charge is 2.42. The third-order valence-corrected chi connectivity index (χ3v) is 10.2. The second-order valence-corrected chi connectivity index (χ2v) is 13.6. The minimum Gasteiger partial charge on any atom is -0.487 e. The van der Waals surface area contributed by atoms with Gasteiger partial charge in [0.1, 0.15) is 36.3 Å². The Morgan fingerprint density at radius 1 is 0.980 bits per heavy atom. The van der Waals surface area contributed by atoms with E-state index in [4.69, 9.17) is 24.0 Å². The Labute approximate surface area is 292 Å². The van der Waals surface area contributed by atoms with E-state index in [-0.39, 0.29) is 12.2 Å². The summed E-state index contributed by atoms with van der Waals surface area (Å²) in [6, 6.07) is 9.78. The van der Waals surface area contributed by atoms with E-state index < -0.39 is 0 Å². The Morgan fingerprint density at radius 2 is 1.72 bits per heavy atom. The molecule has 1 saturated carbocycles. The summed E-state index contributed by atoms with van der Waals surface area (Å²) in [7, 11) is 1.71. The molecule has 7 rings (SSSR count). The predicted molar refractivity (Wildman–Crippen MR) is 185 cm³/mol. The molecule has 5 heterocycles. The summed E-state index contributed by atoms with van der Waals surface area (Å²) in [6.07, 6.45) is 16.2. The fourth-order valence-corrected chi connectivity index (χ4v) is 7.47. The van der Waals surface area contributed by atoms with E-state index in [1.165, 1.54) is 19.2 Å². The number of benzene rings is 1. The zero-order valence-corrected chi connectivity index (χ0v) is 29.0. The molecule has 3 aromatic heterocycles. The zero-order chi connectivity index (χ0) is 34.5. The molecule has 50 heavy (non-hydrogen) atoms. The summed E-state index contributed by atoms with van der Waals surface area (Å²) in [5.41, 5.74) is 2.81. The molecule has 2 bridgehead atoms. The summed E-state index contributed by atoms with van der Waals surface area (Å²) >= 11 is 0. The first-order valence-electron chi connectivity index (χ1n) is 17.7. The molecule has 2 unspecified atom stereocenters. The quantitative estimate of drug-likeness (QED) is 0.187. The average Bonchev–Trinajstić information content (AvgIpc) is 3.86. The van der Waals surface area contributed by atoms with Crippen molar-refractivity contribution in [2.45, 2.75) is 102 Å². The molecule has 1 N–H and O–H groups in total. The van der Waals surface area contributed by atoms with Gasteiger partial charge in [-0.1, -0.05) is 6.07 Å². The molecule has 1 aromatic carbocycles. The van der Waals surface area contributed by atoms with Gasteiger partial charge < -0.3 is 24.3 Å². The lowest BCUT2D eigenvalue weighted by atomic mass is 9.89. The molecule has 14 nitrogen and oxygen atoms in total. The largest absolute Gasteiger partial charge is 0.487 e. The van der Waals surface area contributed by atoms with Gasteiger partial charge in [0.2, 0.25) is 5.95 Å². The van der Waals surface area contributed by atoms with Gasteiger partial charge in [0.05, 0.1) is 50.3 Å². The normalized spacial score (nSPS) is 23.2. The predicted octanol–water partition coefficient (Wildman–Crippen LogP) is 5.17. The van der Waals surface area contributed by atoms with Gasteiger partial charge in [-0.25, -0.2) is 19.6 Å². The maximum atomic E-state index is 9.69. The molecule has 0 radical (unpaired) electrons. The summed E-state index contributed by atoms with van der Waals surface area (Å²) < 4.78 is 27.4. The molecule has 2 aliphatic heterocycles. The van der Waals surface area contributed by atoms with Crippen LogP contribution in [-0.4, -0.2) is 96.7 Å². The number of ether oxygens (including phenoxy) is 4. The van der Waals surface area contributed by atoms with Crippen LogP contribution in [0.1, 0.15) is 70.4 Å². The Bertz CT molecular complexity index is 1720. The van der Waals surface area contributed by atoms with Crippen LogP contribution in [-0.2, 0) is 16.0 Å². The molecule has 3 aliphatic rings. The van der Waals surface area contributed by atoms with Crippen molar-refractivity contribution in [1.29, 1.82) is 5.26 Å². The highest BCUT2D eigenvalue weighted by atomic mass is 16.5. The van der Waals surface area contributed by atoms with Crippen molar-refractivity contribution in [1.82, 2.24) is 39.4 Å². The molecule has 0 spiro atoms. The maximum Gasteiger partial charge on any atom is 0.256 e. The molecule has 4 atom stereocenters. The summed E-state index contributed by atoms with van der Waals surface area (Å²) in [5.74, 6) is 1.45. The van der Waals surface area contributed by atoms with Crippen LogP contribution in [0.25, 0.3) is 11.1 Å². The van der Waals surface area contributed by atoms with Gasteiger partial charge in [-0.2, -0.15) is 10.4 Å². The van der Waals surface area contributed by atoms with E-state index in [0.717, 1.165) is 62.1 Å². The molecular formula is C36H46N10O4. The van der Waals surface area contributed by atoms with Crippen LogP contribution in [0.3, 0.4) is 0 Å². The van der Waals surface area contributed by atoms with Crippen LogP contribution in [0.4, 0.5) is 11.6 Å². The molecule has 14 heteroatoms. The monoisotopic (exact) mass is 682 g/mol. The van der Waals surface area contributed by atoms with Crippen LogP contribution in [0.2, 0.25) is 0 Å². The number of anilines is 2. The molecule has 4 aromatic rings. The summed E-state index contributed by atoms with van der Waals surface area (Å²) in [5, 5.41) is 22.1. The fourth-order valence-electron chi connectivity index (χ4n) is 7.47. The fraction of sp³-hybridized carbons (Fsp3) is 0.556. The lowest BCUT2D eigenvalue weighted by molar-refractivity contribution is -0.0458. The van der Waals surface area contributed by atoms with E-state index in [1.54, 1.807) is 36.6 Å². The van der Waals surface area contributed by atoms with Crippen LogP contribution in [0.15, 0.2) is 49.4 Å². The lowest BCUT2D eigenvalue weighted by Gasteiger charge is -2.43. The molecule has 264 valence electrons. The number of aromatic nitrogens is 7. The van der Waals surface area contributed by atoms with Gasteiger partial charge in [0.25, 0.3) is 5.88 Å². The van der Waals surface area contributed by atoms with E-state index in [9.17, 15) is 5.26 Å². The SMILES string of the molecule is COC(C)CCOc1nn(C2CCC(N3[C@@H]4CC[C@H]3COC4)CC2)cc1Nc1ncc(-c2ccc(C#N)c(OC(C)Cn3cncn3)c2)cn1. The van der Waals surface area contributed by atoms with Gasteiger partial charge in [0.15, 0.2) is 0 Å². The standard InChI is InChI=1S/C36H46N10O4/c1-24(47-3)12-13-49-35-33(19-45(43-35)29-6-8-30(9-7-29)46-31-10-11-32(46)21-48-20-31)42-36-39-16-28(17-40-36)26-4-5-27(15-37)34(14-26)50-25(2)18-44-23-38-22-41-44/h4-5,14,16-17,19,22-25,29-32H,6-13,18,20-21H2,1-3H3,(H,39,40,42)/t24?,25?,29?,30?,31-,32+. The average molecular weight is 683 g/mol. The van der Waals surface area contributed by atoms with Crippen molar-refractivity contribution < 1.29 is 18.9 Å². The van der Waals surface area contributed by atoms with Crippen molar-refractivity contribution >= 4 is 11.6 Å². The summed E-state index contributed by atoms with van der Waals surface area (Å²) in [6.45, 7) is 6.69. The topological polar surface area (TPSA) is 150 Å². The van der Waals surface area contributed by atoms with Crippen LogP contribution in [0.5, 0.6) is 11.6 Å². The number of methoxy groups -OCH3 is 1. The maximum absolute atomic E-state index is 9.69. The molecule has 1 aliphatic carbocycles. The Morgan fingerprint density at radius 3 is 2.42 bits per heavy atom. The summed E-state index contributed by atoms with van der Waals surface area (Å²) in [4.78, 5) is 16.0. The van der Waals surface area contributed by atoms with Crippen LogP contribution < -0.4 is 14.8 Å².